The van der Waals surface area contributed by atoms with Gasteiger partial charge in [-0.15, -0.1) is 16.4 Å². The lowest BCUT2D eigenvalue weighted by atomic mass is 10.2. The first-order valence-corrected chi connectivity index (χ1v) is 9.34. The third-order valence-corrected chi connectivity index (χ3v) is 4.86. The summed E-state index contributed by atoms with van der Waals surface area (Å²) in [4.78, 5) is 16.7. The summed E-state index contributed by atoms with van der Waals surface area (Å²) >= 11 is 1.61. The molecule has 0 bridgehead atoms. The van der Waals surface area contributed by atoms with Crippen LogP contribution in [0.1, 0.15) is 46.5 Å². The molecule has 0 aliphatic rings. The predicted molar refractivity (Wildman–Crippen MR) is 103 cm³/mol. The molecule has 0 aliphatic carbocycles. The molecule has 134 valence electrons. The molecule has 0 atom stereocenters. The van der Waals surface area contributed by atoms with Gasteiger partial charge in [0, 0.05) is 11.3 Å². The maximum Gasteiger partial charge on any atom is 0.273 e. The van der Waals surface area contributed by atoms with E-state index in [4.69, 9.17) is 0 Å². The second kappa shape index (κ2) is 8.53. The number of aromatic nitrogens is 4. The van der Waals surface area contributed by atoms with Crippen molar-refractivity contribution in [1.29, 1.82) is 0 Å². The molecular weight excluding hydrogens is 346 g/mol. The Hall–Kier alpha value is -2.80. The molecule has 26 heavy (non-hydrogen) atoms. The molecule has 1 N–H and O–H groups in total. The third-order valence-electron chi connectivity index (χ3n) is 3.67. The summed E-state index contributed by atoms with van der Waals surface area (Å²) in [6, 6.07) is 10.0. The molecule has 6 nitrogen and oxygen atoms in total. The summed E-state index contributed by atoms with van der Waals surface area (Å²) in [6.07, 6.45) is 5.63. The van der Waals surface area contributed by atoms with Gasteiger partial charge >= 0.3 is 0 Å². The lowest BCUT2D eigenvalue weighted by Crippen LogP contribution is -2.23. The molecule has 0 radical (unpaired) electrons. The average molecular weight is 367 g/mol. The monoisotopic (exact) mass is 367 g/mol. The Bertz CT molecular complexity index is 882. The molecule has 3 rings (SSSR count). The number of amides is 1. The standard InChI is InChI=1S/C19H21N5OS/c1-14(2)19-21-16(13-26-19)11-20-18(25)17-12-24(23-22-17)10-6-9-15-7-4-3-5-8-15/h3-9,12-14H,10-11H2,1-2H3,(H,20,25)/b9-6+. The van der Waals surface area contributed by atoms with E-state index in [1.54, 1.807) is 22.2 Å². The highest BCUT2D eigenvalue weighted by Crippen LogP contribution is 2.18. The molecule has 0 saturated carbocycles. The number of hydrogen-bond acceptors (Lipinski definition) is 5. The van der Waals surface area contributed by atoms with Gasteiger partial charge in [-0.05, 0) is 5.56 Å². The molecule has 1 aromatic carbocycles. The second-order valence-corrected chi connectivity index (χ2v) is 7.04. The number of rotatable bonds is 7. The first-order valence-electron chi connectivity index (χ1n) is 8.46. The maximum absolute atomic E-state index is 12.2. The fourth-order valence-corrected chi connectivity index (χ4v) is 3.12. The summed E-state index contributed by atoms with van der Waals surface area (Å²) in [5.74, 6) is 0.149. The highest BCUT2D eigenvalue weighted by Gasteiger charge is 2.11. The number of nitrogens with one attached hydrogen (secondary N) is 1. The minimum absolute atomic E-state index is 0.248. The van der Waals surface area contributed by atoms with Gasteiger partial charge in [-0.3, -0.25) is 4.79 Å². The van der Waals surface area contributed by atoms with Crippen molar-refractivity contribution in [2.24, 2.45) is 0 Å². The maximum atomic E-state index is 12.2. The van der Waals surface area contributed by atoms with Crippen molar-refractivity contribution in [3.05, 3.63) is 69.9 Å². The minimum atomic E-state index is -0.248. The van der Waals surface area contributed by atoms with E-state index >= 15 is 0 Å². The zero-order valence-corrected chi connectivity index (χ0v) is 15.6. The van der Waals surface area contributed by atoms with Gasteiger partial charge in [-0.25, -0.2) is 9.67 Å². The van der Waals surface area contributed by atoms with E-state index in [1.165, 1.54) is 0 Å². The van der Waals surface area contributed by atoms with Crippen molar-refractivity contribution < 1.29 is 4.79 Å². The molecule has 0 spiro atoms. The van der Waals surface area contributed by atoms with Crippen molar-refractivity contribution in [1.82, 2.24) is 25.3 Å². The van der Waals surface area contributed by atoms with Crippen LogP contribution in [0.25, 0.3) is 6.08 Å². The highest BCUT2D eigenvalue weighted by atomic mass is 32.1. The Balaban J connectivity index is 1.51. The number of carbonyl (C=O) groups excluding carboxylic acids is 1. The van der Waals surface area contributed by atoms with E-state index < -0.39 is 0 Å². The second-order valence-electron chi connectivity index (χ2n) is 6.15. The van der Waals surface area contributed by atoms with Crippen molar-refractivity contribution in [2.75, 3.05) is 0 Å². The predicted octanol–water partition coefficient (Wildman–Crippen LogP) is 3.50. The van der Waals surface area contributed by atoms with Gasteiger partial charge in [-0.2, -0.15) is 0 Å². The number of allylic oxidation sites excluding steroid dienone is 1. The molecule has 0 aliphatic heterocycles. The van der Waals surface area contributed by atoms with Gasteiger partial charge in [0.25, 0.3) is 5.91 Å². The fraction of sp³-hybridized carbons (Fsp3) is 0.263. The Morgan fingerprint density at radius 1 is 1.31 bits per heavy atom. The molecule has 2 heterocycles. The smallest absolute Gasteiger partial charge is 0.273 e. The summed E-state index contributed by atoms with van der Waals surface area (Å²) in [5.41, 5.74) is 2.29. The highest BCUT2D eigenvalue weighted by molar-refractivity contribution is 7.09. The molecule has 7 heteroatoms. The van der Waals surface area contributed by atoms with E-state index in [0.29, 0.717) is 24.7 Å². The number of benzene rings is 1. The van der Waals surface area contributed by atoms with Crippen LogP contribution in [0.4, 0.5) is 0 Å². The van der Waals surface area contributed by atoms with Crippen LogP contribution in [0.5, 0.6) is 0 Å². The zero-order chi connectivity index (χ0) is 18.4. The average Bonchev–Trinajstić information content (AvgIpc) is 3.30. The van der Waals surface area contributed by atoms with Gasteiger partial charge < -0.3 is 5.32 Å². The van der Waals surface area contributed by atoms with Crippen molar-refractivity contribution in [3.8, 4) is 0 Å². The first-order chi connectivity index (χ1) is 12.6. The van der Waals surface area contributed by atoms with Crippen LogP contribution >= 0.6 is 11.3 Å². The molecular formula is C19H21N5OS. The lowest BCUT2D eigenvalue weighted by Gasteiger charge is -2.00. The van der Waals surface area contributed by atoms with Gasteiger partial charge in [-0.1, -0.05) is 61.5 Å². The van der Waals surface area contributed by atoms with Gasteiger partial charge in [0.15, 0.2) is 5.69 Å². The van der Waals surface area contributed by atoms with Crippen LogP contribution < -0.4 is 5.32 Å². The van der Waals surface area contributed by atoms with Crippen LogP contribution in [-0.4, -0.2) is 25.9 Å². The third kappa shape index (κ3) is 4.86. The van der Waals surface area contributed by atoms with Crippen LogP contribution in [0.3, 0.4) is 0 Å². The normalized spacial score (nSPS) is 11.3. The molecule has 2 aromatic heterocycles. The van der Waals surface area contributed by atoms with E-state index in [-0.39, 0.29) is 5.91 Å². The summed E-state index contributed by atoms with van der Waals surface area (Å²) in [7, 11) is 0. The molecule has 0 unspecified atom stereocenters. The number of thiazole rings is 1. The Morgan fingerprint density at radius 3 is 2.85 bits per heavy atom. The lowest BCUT2D eigenvalue weighted by molar-refractivity contribution is 0.0945. The fourth-order valence-electron chi connectivity index (χ4n) is 2.28. The van der Waals surface area contributed by atoms with Gasteiger partial charge in [0.2, 0.25) is 0 Å². The van der Waals surface area contributed by atoms with Crippen LogP contribution in [0, 0.1) is 0 Å². The van der Waals surface area contributed by atoms with Crippen molar-refractivity contribution in [2.45, 2.75) is 32.9 Å². The Morgan fingerprint density at radius 2 is 2.12 bits per heavy atom. The van der Waals surface area contributed by atoms with Crippen LogP contribution in [-0.2, 0) is 13.1 Å². The zero-order valence-electron chi connectivity index (χ0n) is 14.8. The molecule has 1 amide bonds. The largest absolute Gasteiger partial charge is 0.345 e. The van der Waals surface area contributed by atoms with E-state index in [0.717, 1.165) is 16.3 Å². The summed E-state index contributed by atoms with van der Waals surface area (Å²) in [5, 5.41) is 13.8. The Labute approximate surface area is 156 Å². The number of carbonyl (C=O) groups is 1. The van der Waals surface area contributed by atoms with E-state index in [2.05, 4.69) is 34.5 Å². The van der Waals surface area contributed by atoms with E-state index in [9.17, 15) is 4.79 Å². The first kappa shape index (κ1) is 18.0. The van der Waals surface area contributed by atoms with Crippen molar-refractivity contribution in [3.63, 3.8) is 0 Å². The molecule has 3 aromatic rings. The van der Waals surface area contributed by atoms with Gasteiger partial charge in [0.05, 0.1) is 30.0 Å². The summed E-state index contributed by atoms with van der Waals surface area (Å²) < 4.78 is 1.63. The topological polar surface area (TPSA) is 72.7 Å². The van der Waals surface area contributed by atoms with Crippen molar-refractivity contribution >= 4 is 23.3 Å². The van der Waals surface area contributed by atoms with Crippen LogP contribution in [0.2, 0.25) is 0 Å². The molecule has 0 fully saturated rings. The number of hydrogen-bond donors (Lipinski definition) is 1. The quantitative estimate of drug-likeness (QED) is 0.694. The molecule has 0 saturated heterocycles. The summed E-state index contributed by atoms with van der Waals surface area (Å²) in [6.45, 7) is 5.15. The minimum Gasteiger partial charge on any atom is -0.345 e. The van der Waals surface area contributed by atoms with Gasteiger partial charge in [0.1, 0.15) is 0 Å². The van der Waals surface area contributed by atoms with Crippen LogP contribution in [0.15, 0.2) is 48.0 Å². The Kier molecular flexibility index (Phi) is 5.91. The van der Waals surface area contributed by atoms with E-state index in [1.807, 2.05) is 47.9 Å². The number of nitrogens with zero attached hydrogens (tertiary/aromatic N) is 4. The SMILES string of the molecule is CC(C)c1nc(CNC(=O)c2cn(C/C=C/c3ccccc3)nn2)cs1.